The maximum atomic E-state index is 11.9. The van der Waals surface area contributed by atoms with Gasteiger partial charge in [0.25, 0.3) is 5.69 Å². The lowest BCUT2D eigenvalue weighted by atomic mass is 10.1. The van der Waals surface area contributed by atoms with Crippen LogP contribution in [0.25, 0.3) is 0 Å². The van der Waals surface area contributed by atoms with Crippen molar-refractivity contribution in [2.24, 2.45) is 7.05 Å². The molecule has 1 heterocycles. The van der Waals surface area contributed by atoms with E-state index in [9.17, 15) is 14.9 Å². The summed E-state index contributed by atoms with van der Waals surface area (Å²) in [6.45, 7) is 1.58. The molecular weight excluding hydrogens is 264 g/mol. The fraction of sp³-hybridized carbons (Fsp3) is 0.273. The molecule has 0 aliphatic rings. The van der Waals surface area contributed by atoms with Crippen LogP contribution in [0, 0.1) is 17.0 Å². The Morgan fingerprint density at radius 1 is 1.50 bits per heavy atom. The van der Waals surface area contributed by atoms with Gasteiger partial charge in [-0.25, -0.2) is 4.68 Å². The largest absolute Gasteiger partial charge is 0.325 e. The van der Waals surface area contributed by atoms with Gasteiger partial charge in [0.15, 0.2) is 5.82 Å². The van der Waals surface area contributed by atoms with Gasteiger partial charge in [0, 0.05) is 13.1 Å². The van der Waals surface area contributed by atoms with Crippen LogP contribution in [-0.2, 0) is 18.3 Å². The molecule has 1 N–H and O–H groups in total. The van der Waals surface area contributed by atoms with Crippen LogP contribution in [0.1, 0.15) is 11.4 Å². The van der Waals surface area contributed by atoms with E-state index in [1.54, 1.807) is 20.0 Å². The molecular formula is C11H12N6O3. The molecule has 0 unspecified atom stereocenters. The molecule has 1 aromatic heterocycles. The number of aromatic nitrogens is 4. The minimum absolute atomic E-state index is 0.00830. The molecule has 20 heavy (non-hydrogen) atoms. The molecule has 9 nitrogen and oxygen atoms in total. The van der Waals surface area contributed by atoms with Crippen LogP contribution >= 0.6 is 0 Å². The molecule has 0 spiro atoms. The van der Waals surface area contributed by atoms with Gasteiger partial charge >= 0.3 is 0 Å². The maximum Gasteiger partial charge on any atom is 0.274 e. The summed E-state index contributed by atoms with van der Waals surface area (Å²) in [4.78, 5) is 22.2. The lowest BCUT2D eigenvalue weighted by molar-refractivity contribution is -0.385. The molecule has 2 rings (SSSR count). The monoisotopic (exact) mass is 276 g/mol. The summed E-state index contributed by atoms with van der Waals surface area (Å²) in [5.74, 6) is 0.0667. The van der Waals surface area contributed by atoms with E-state index in [4.69, 9.17) is 0 Å². The van der Waals surface area contributed by atoms with E-state index in [1.807, 2.05) is 0 Å². The number of benzene rings is 1. The number of carbonyl (C=O) groups excluding carboxylic acids is 1. The number of anilines is 1. The van der Waals surface area contributed by atoms with Gasteiger partial charge in [0.05, 0.1) is 22.6 Å². The molecule has 1 aromatic carbocycles. The molecule has 0 saturated heterocycles. The number of rotatable bonds is 4. The van der Waals surface area contributed by atoms with Crippen molar-refractivity contribution in [1.29, 1.82) is 0 Å². The zero-order valence-corrected chi connectivity index (χ0v) is 10.9. The van der Waals surface area contributed by atoms with Crippen LogP contribution in [0.15, 0.2) is 18.2 Å². The van der Waals surface area contributed by atoms with Crippen molar-refractivity contribution >= 4 is 17.3 Å². The van der Waals surface area contributed by atoms with Crippen LogP contribution in [0.4, 0.5) is 11.4 Å². The highest BCUT2D eigenvalue weighted by molar-refractivity contribution is 5.93. The highest BCUT2D eigenvalue weighted by Gasteiger charge is 2.16. The summed E-state index contributed by atoms with van der Waals surface area (Å²) >= 11 is 0. The summed E-state index contributed by atoms with van der Waals surface area (Å²) < 4.78 is 1.39. The summed E-state index contributed by atoms with van der Waals surface area (Å²) in [5.41, 5.74) is 0.768. The van der Waals surface area contributed by atoms with Gasteiger partial charge in [-0.3, -0.25) is 14.9 Å². The zero-order chi connectivity index (χ0) is 14.7. The summed E-state index contributed by atoms with van der Waals surface area (Å²) in [7, 11) is 1.63. The topological polar surface area (TPSA) is 116 Å². The predicted octanol–water partition coefficient (Wildman–Crippen LogP) is 0.608. The van der Waals surface area contributed by atoms with E-state index in [0.29, 0.717) is 17.1 Å². The number of nitro benzene ring substituents is 1. The predicted molar refractivity (Wildman–Crippen MR) is 69.0 cm³/mol. The Morgan fingerprint density at radius 2 is 2.25 bits per heavy atom. The van der Waals surface area contributed by atoms with E-state index >= 15 is 0 Å². The summed E-state index contributed by atoms with van der Waals surface area (Å²) in [6, 6.07) is 4.51. The lowest BCUT2D eigenvalue weighted by Gasteiger charge is -2.07. The second-order valence-electron chi connectivity index (χ2n) is 4.15. The van der Waals surface area contributed by atoms with Crippen molar-refractivity contribution in [3.05, 3.63) is 39.7 Å². The third-order valence-corrected chi connectivity index (χ3v) is 2.80. The van der Waals surface area contributed by atoms with E-state index in [2.05, 4.69) is 20.8 Å². The zero-order valence-electron chi connectivity index (χ0n) is 10.9. The van der Waals surface area contributed by atoms with Crippen molar-refractivity contribution in [3.63, 3.8) is 0 Å². The standard InChI is InChI=1S/C11H12N6O3/c1-7-8(4-3-5-9(7)17(19)20)12-11(18)6-10-13-14-15-16(10)2/h3-5H,6H2,1-2H3,(H,12,18). The van der Waals surface area contributed by atoms with Gasteiger partial charge in [0.1, 0.15) is 0 Å². The molecule has 0 atom stereocenters. The Labute approximate surface area is 113 Å². The minimum Gasteiger partial charge on any atom is -0.325 e. The Balaban J connectivity index is 2.14. The number of carbonyl (C=O) groups is 1. The first-order chi connectivity index (χ1) is 9.49. The number of hydrogen-bond acceptors (Lipinski definition) is 6. The number of nitrogens with one attached hydrogen (secondary N) is 1. The molecule has 0 bridgehead atoms. The van der Waals surface area contributed by atoms with Gasteiger partial charge < -0.3 is 5.32 Å². The molecule has 0 saturated carbocycles. The second kappa shape index (κ2) is 5.43. The summed E-state index contributed by atoms with van der Waals surface area (Å²) in [6.07, 6.45) is -0.00830. The van der Waals surface area contributed by atoms with E-state index in [1.165, 1.54) is 16.8 Å². The normalized spacial score (nSPS) is 10.3. The average molecular weight is 276 g/mol. The smallest absolute Gasteiger partial charge is 0.274 e. The molecule has 0 fully saturated rings. The molecule has 0 radical (unpaired) electrons. The number of amides is 1. The number of nitrogens with zero attached hydrogens (tertiary/aromatic N) is 5. The van der Waals surface area contributed by atoms with Gasteiger partial charge in [-0.05, 0) is 23.4 Å². The number of tetrazole rings is 1. The van der Waals surface area contributed by atoms with E-state index in [0.717, 1.165) is 0 Å². The van der Waals surface area contributed by atoms with Crippen molar-refractivity contribution in [2.45, 2.75) is 13.3 Å². The SMILES string of the molecule is Cc1c(NC(=O)Cc2nnnn2C)cccc1[N+](=O)[O-]. The minimum atomic E-state index is -0.489. The highest BCUT2D eigenvalue weighted by Crippen LogP contribution is 2.24. The lowest BCUT2D eigenvalue weighted by Crippen LogP contribution is -2.18. The average Bonchev–Trinajstić information content (AvgIpc) is 2.77. The van der Waals surface area contributed by atoms with E-state index < -0.39 is 4.92 Å². The number of aryl methyl sites for hydroxylation is 1. The molecule has 1 amide bonds. The van der Waals surface area contributed by atoms with Crippen molar-refractivity contribution in [3.8, 4) is 0 Å². The highest BCUT2D eigenvalue weighted by atomic mass is 16.6. The van der Waals surface area contributed by atoms with Crippen LogP contribution < -0.4 is 5.32 Å². The number of hydrogen-bond donors (Lipinski definition) is 1. The van der Waals surface area contributed by atoms with Crippen molar-refractivity contribution < 1.29 is 9.72 Å². The van der Waals surface area contributed by atoms with Gasteiger partial charge in [0.2, 0.25) is 5.91 Å². The van der Waals surface area contributed by atoms with Crippen molar-refractivity contribution in [1.82, 2.24) is 20.2 Å². The summed E-state index contributed by atoms with van der Waals surface area (Å²) in [5, 5.41) is 24.2. The molecule has 0 aliphatic carbocycles. The molecule has 104 valence electrons. The second-order valence-corrected chi connectivity index (χ2v) is 4.15. The molecule has 9 heteroatoms. The van der Waals surface area contributed by atoms with Gasteiger partial charge in [-0.1, -0.05) is 6.07 Å². The fourth-order valence-corrected chi connectivity index (χ4v) is 1.69. The Morgan fingerprint density at radius 3 is 2.85 bits per heavy atom. The third kappa shape index (κ3) is 2.76. The van der Waals surface area contributed by atoms with Crippen LogP contribution in [0.5, 0.6) is 0 Å². The first-order valence-corrected chi connectivity index (χ1v) is 5.74. The first-order valence-electron chi connectivity index (χ1n) is 5.74. The van der Waals surface area contributed by atoms with Crippen molar-refractivity contribution in [2.75, 3.05) is 5.32 Å². The number of nitro groups is 1. The quantitative estimate of drug-likeness (QED) is 0.646. The maximum absolute atomic E-state index is 11.9. The Kier molecular flexibility index (Phi) is 3.69. The van der Waals surface area contributed by atoms with Gasteiger partial charge in [-0.15, -0.1) is 5.10 Å². The van der Waals surface area contributed by atoms with E-state index in [-0.39, 0.29) is 18.0 Å². The first kappa shape index (κ1) is 13.6. The van der Waals surface area contributed by atoms with Gasteiger partial charge in [-0.2, -0.15) is 0 Å². The molecule has 2 aromatic rings. The van der Waals surface area contributed by atoms with Crippen LogP contribution in [-0.4, -0.2) is 31.0 Å². The van der Waals surface area contributed by atoms with Crippen LogP contribution in [0.2, 0.25) is 0 Å². The fourth-order valence-electron chi connectivity index (χ4n) is 1.69. The Hall–Kier alpha value is -2.84. The third-order valence-electron chi connectivity index (χ3n) is 2.80. The Bertz CT molecular complexity index is 666. The van der Waals surface area contributed by atoms with Crippen LogP contribution in [0.3, 0.4) is 0 Å². The molecule has 0 aliphatic heterocycles.